The van der Waals surface area contributed by atoms with Crippen molar-refractivity contribution in [2.24, 2.45) is 16.7 Å². The number of benzene rings is 1. The Morgan fingerprint density at radius 2 is 1.73 bits per heavy atom. The van der Waals surface area contributed by atoms with Gasteiger partial charge in [-0.2, -0.15) is 0 Å². The minimum Gasteiger partial charge on any atom is -0.444 e. The SMILES string of the molecule is CC(C)(C)OC(=O)Nc1ccc2[nH]cc(C(=O)C3C(C)(C)C3(C)C)c2c1. The van der Waals surface area contributed by atoms with Gasteiger partial charge in [0.05, 0.1) is 0 Å². The van der Waals surface area contributed by atoms with E-state index in [4.69, 9.17) is 4.74 Å². The first-order chi connectivity index (χ1) is 11.8. The molecule has 5 nitrogen and oxygen atoms in total. The number of carbonyl (C=O) groups excluding carboxylic acids is 2. The Balaban J connectivity index is 1.88. The molecule has 2 aromatic rings. The Labute approximate surface area is 154 Å². The van der Waals surface area contributed by atoms with E-state index in [0.717, 1.165) is 10.9 Å². The van der Waals surface area contributed by atoms with Crippen molar-refractivity contribution < 1.29 is 14.3 Å². The van der Waals surface area contributed by atoms with Gasteiger partial charge in [0.1, 0.15) is 5.60 Å². The number of fused-ring (bicyclic) bond motifs is 1. The molecule has 0 unspecified atom stereocenters. The molecule has 5 heteroatoms. The standard InChI is InChI=1S/C21H28N2O3/c1-19(2,3)26-18(25)23-12-8-9-15-13(10-12)14(11-22-15)16(24)17-20(4,5)21(17,6)7/h8-11,17,22H,1-7H3,(H,23,25). The lowest BCUT2D eigenvalue weighted by molar-refractivity contribution is 0.0635. The van der Waals surface area contributed by atoms with E-state index in [-0.39, 0.29) is 22.5 Å². The Bertz CT molecular complexity index is 870. The number of amides is 1. The van der Waals surface area contributed by atoms with Gasteiger partial charge in [-0.1, -0.05) is 27.7 Å². The number of hydrogen-bond donors (Lipinski definition) is 2. The van der Waals surface area contributed by atoms with E-state index in [0.29, 0.717) is 11.3 Å². The van der Waals surface area contributed by atoms with Gasteiger partial charge in [0.15, 0.2) is 5.78 Å². The maximum atomic E-state index is 13.1. The topological polar surface area (TPSA) is 71.2 Å². The molecule has 1 heterocycles. The average Bonchev–Trinajstić information content (AvgIpc) is 2.79. The number of Topliss-reactive ketones (excluding diaryl/α,β-unsaturated/α-hetero) is 1. The molecule has 0 radical (unpaired) electrons. The number of ketones is 1. The zero-order chi connectivity index (χ0) is 19.5. The van der Waals surface area contributed by atoms with Crippen LogP contribution in [-0.4, -0.2) is 22.5 Å². The number of aromatic nitrogens is 1. The minimum absolute atomic E-state index is 0.00327. The van der Waals surface area contributed by atoms with Gasteiger partial charge in [-0.25, -0.2) is 4.79 Å². The van der Waals surface area contributed by atoms with Crippen LogP contribution in [-0.2, 0) is 4.74 Å². The van der Waals surface area contributed by atoms with Gasteiger partial charge >= 0.3 is 6.09 Å². The van der Waals surface area contributed by atoms with Gasteiger partial charge < -0.3 is 9.72 Å². The summed E-state index contributed by atoms with van der Waals surface area (Å²) in [6, 6.07) is 5.48. The summed E-state index contributed by atoms with van der Waals surface area (Å²) in [5, 5.41) is 3.56. The molecule has 0 atom stereocenters. The van der Waals surface area contributed by atoms with Crippen LogP contribution in [0.2, 0.25) is 0 Å². The third-order valence-corrected chi connectivity index (χ3v) is 5.88. The number of carbonyl (C=O) groups is 2. The van der Waals surface area contributed by atoms with Crippen LogP contribution in [0.5, 0.6) is 0 Å². The molecule has 140 valence electrons. The van der Waals surface area contributed by atoms with Gasteiger partial charge in [-0.3, -0.25) is 10.1 Å². The van der Waals surface area contributed by atoms with E-state index in [9.17, 15) is 9.59 Å². The molecular weight excluding hydrogens is 328 g/mol. The zero-order valence-corrected chi connectivity index (χ0v) is 16.6. The molecule has 0 aliphatic heterocycles. The maximum Gasteiger partial charge on any atom is 0.412 e. The predicted octanol–water partition coefficient (Wildman–Crippen LogP) is 5.38. The van der Waals surface area contributed by atoms with Crippen LogP contribution in [0.25, 0.3) is 10.9 Å². The molecule has 0 spiro atoms. The molecular formula is C21H28N2O3. The molecule has 1 saturated carbocycles. The third-order valence-electron chi connectivity index (χ3n) is 5.88. The third kappa shape index (κ3) is 3.00. The molecule has 3 rings (SSSR count). The first-order valence-electron chi connectivity index (χ1n) is 9.00. The smallest absolute Gasteiger partial charge is 0.412 e. The van der Waals surface area contributed by atoms with Crippen molar-refractivity contribution in [3.63, 3.8) is 0 Å². The second kappa shape index (κ2) is 5.60. The van der Waals surface area contributed by atoms with Crippen molar-refractivity contribution >= 4 is 28.5 Å². The van der Waals surface area contributed by atoms with Crippen LogP contribution in [0.4, 0.5) is 10.5 Å². The van der Waals surface area contributed by atoms with Crippen molar-refractivity contribution in [2.75, 3.05) is 5.32 Å². The number of hydrogen-bond acceptors (Lipinski definition) is 3. The highest BCUT2D eigenvalue weighted by Crippen LogP contribution is 2.69. The Hall–Kier alpha value is -2.30. The predicted molar refractivity (Wildman–Crippen MR) is 104 cm³/mol. The first kappa shape index (κ1) is 18.5. The van der Waals surface area contributed by atoms with E-state index in [2.05, 4.69) is 38.0 Å². The monoisotopic (exact) mass is 356 g/mol. The Kier molecular flexibility index (Phi) is 3.98. The lowest BCUT2D eigenvalue weighted by atomic mass is 10.0. The summed E-state index contributed by atoms with van der Waals surface area (Å²) in [5.74, 6) is 0.150. The highest BCUT2D eigenvalue weighted by Gasteiger charge is 2.68. The normalized spacial score (nSPS) is 18.6. The minimum atomic E-state index is -0.563. The fourth-order valence-corrected chi connectivity index (χ4v) is 3.83. The molecule has 1 aromatic heterocycles. The van der Waals surface area contributed by atoms with Crippen molar-refractivity contribution in [1.29, 1.82) is 0 Å². The Morgan fingerprint density at radius 1 is 1.12 bits per heavy atom. The van der Waals surface area contributed by atoms with Crippen LogP contribution in [0.1, 0.15) is 58.8 Å². The molecule has 26 heavy (non-hydrogen) atoms. The van der Waals surface area contributed by atoms with Gasteiger partial charge in [0, 0.05) is 34.3 Å². The van der Waals surface area contributed by atoms with E-state index in [1.807, 2.05) is 32.9 Å². The maximum absolute atomic E-state index is 13.1. The molecule has 1 aromatic carbocycles. The second-order valence-corrected chi connectivity index (χ2v) is 9.33. The molecule has 0 bridgehead atoms. The molecule has 1 aliphatic carbocycles. The number of rotatable bonds is 3. The lowest BCUT2D eigenvalue weighted by Gasteiger charge is -2.19. The highest BCUT2D eigenvalue weighted by molar-refractivity contribution is 6.11. The number of H-pyrrole nitrogens is 1. The average molecular weight is 356 g/mol. The zero-order valence-electron chi connectivity index (χ0n) is 16.6. The van der Waals surface area contributed by atoms with Gasteiger partial charge in [0.25, 0.3) is 0 Å². The van der Waals surface area contributed by atoms with Crippen LogP contribution < -0.4 is 5.32 Å². The highest BCUT2D eigenvalue weighted by atomic mass is 16.6. The van der Waals surface area contributed by atoms with E-state index in [1.54, 1.807) is 12.3 Å². The largest absolute Gasteiger partial charge is 0.444 e. The number of ether oxygens (including phenoxy) is 1. The van der Waals surface area contributed by atoms with Crippen molar-refractivity contribution in [1.82, 2.24) is 4.98 Å². The molecule has 1 fully saturated rings. The summed E-state index contributed by atoms with van der Waals surface area (Å²) in [7, 11) is 0. The van der Waals surface area contributed by atoms with Crippen molar-refractivity contribution in [3.05, 3.63) is 30.0 Å². The van der Waals surface area contributed by atoms with Gasteiger partial charge in [-0.15, -0.1) is 0 Å². The first-order valence-corrected chi connectivity index (χ1v) is 9.00. The summed E-state index contributed by atoms with van der Waals surface area (Å²) in [6.45, 7) is 14.0. The molecule has 2 N–H and O–H groups in total. The van der Waals surface area contributed by atoms with Crippen LogP contribution >= 0.6 is 0 Å². The number of nitrogens with one attached hydrogen (secondary N) is 2. The quantitative estimate of drug-likeness (QED) is 0.725. The molecule has 0 saturated heterocycles. The summed E-state index contributed by atoms with van der Waals surface area (Å²) in [6.07, 6.45) is 1.26. The number of anilines is 1. The lowest BCUT2D eigenvalue weighted by Crippen LogP contribution is -2.27. The van der Waals surface area contributed by atoms with E-state index in [1.165, 1.54) is 0 Å². The summed E-state index contributed by atoms with van der Waals surface area (Å²) in [5.41, 5.74) is 1.57. The summed E-state index contributed by atoms with van der Waals surface area (Å²) < 4.78 is 5.29. The molecule has 1 amide bonds. The van der Waals surface area contributed by atoms with E-state index < -0.39 is 11.7 Å². The summed E-state index contributed by atoms with van der Waals surface area (Å²) in [4.78, 5) is 28.3. The fourth-order valence-electron chi connectivity index (χ4n) is 3.83. The fraction of sp³-hybridized carbons (Fsp3) is 0.524. The van der Waals surface area contributed by atoms with Gasteiger partial charge in [0.2, 0.25) is 0 Å². The van der Waals surface area contributed by atoms with E-state index >= 15 is 0 Å². The van der Waals surface area contributed by atoms with Crippen LogP contribution in [0.3, 0.4) is 0 Å². The van der Waals surface area contributed by atoms with Gasteiger partial charge in [-0.05, 0) is 49.8 Å². The molecule has 1 aliphatic rings. The van der Waals surface area contributed by atoms with Crippen LogP contribution in [0, 0.1) is 16.7 Å². The van der Waals surface area contributed by atoms with Crippen LogP contribution in [0.15, 0.2) is 24.4 Å². The Morgan fingerprint density at radius 3 is 2.27 bits per heavy atom. The second-order valence-electron chi connectivity index (χ2n) is 9.33. The van der Waals surface area contributed by atoms with Crippen molar-refractivity contribution in [2.45, 2.75) is 54.1 Å². The van der Waals surface area contributed by atoms with Crippen molar-refractivity contribution in [3.8, 4) is 0 Å². The number of aromatic amines is 1. The summed E-state index contributed by atoms with van der Waals surface area (Å²) >= 11 is 0.